The highest BCUT2D eigenvalue weighted by molar-refractivity contribution is 6.32. The molecule has 0 heterocycles. The quantitative estimate of drug-likeness (QED) is 0.331. The molecular weight excluding hydrogens is 434 g/mol. The van der Waals surface area contributed by atoms with Crippen LogP contribution < -0.4 is 14.8 Å². The molecule has 0 aliphatic rings. The number of nitrogens with one attached hydrogen (secondary N) is 1. The first-order valence-corrected chi connectivity index (χ1v) is 11.0. The van der Waals surface area contributed by atoms with E-state index in [-0.39, 0.29) is 18.6 Å². The number of methoxy groups -OCH3 is 1. The summed E-state index contributed by atoms with van der Waals surface area (Å²) in [6.07, 6.45) is 0. The molecule has 0 radical (unpaired) electrons. The number of halogens is 1. The standard InChI is InChI=1S/C28H24ClNO3/c1-32-25-17-16-22(18-23(25)19-33-26-15-9-8-14-24(26)29)28(31)30-27(20-10-4-2-5-11-20)21-12-6-3-7-13-21/h2-18,27H,19H2,1H3,(H,30,31). The normalized spacial score (nSPS) is 10.6. The van der Waals surface area contributed by atoms with Crippen LogP contribution in [-0.4, -0.2) is 13.0 Å². The number of rotatable bonds is 8. The van der Waals surface area contributed by atoms with E-state index in [2.05, 4.69) is 5.32 Å². The van der Waals surface area contributed by atoms with Gasteiger partial charge in [-0.05, 0) is 41.5 Å². The van der Waals surface area contributed by atoms with Crippen molar-refractivity contribution >= 4 is 17.5 Å². The van der Waals surface area contributed by atoms with Crippen LogP contribution in [0.5, 0.6) is 11.5 Å². The molecule has 5 heteroatoms. The van der Waals surface area contributed by atoms with Gasteiger partial charge in [-0.3, -0.25) is 4.79 Å². The van der Waals surface area contributed by atoms with Crippen molar-refractivity contribution in [3.05, 3.63) is 130 Å². The molecule has 0 saturated carbocycles. The summed E-state index contributed by atoms with van der Waals surface area (Å²) in [6, 6.07) is 32.1. The van der Waals surface area contributed by atoms with Gasteiger partial charge in [-0.2, -0.15) is 0 Å². The second kappa shape index (κ2) is 10.7. The van der Waals surface area contributed by atoms with E-state index in [0.29, 0.717) is 22.1 Å². The van der Waals surface area contributed by atoms with E-state index >= 15 is 0 Å². The molecular formula is C28H24ClNO3. The van der Waals surface area contributed by atoms with E-state index < -0.39 is 0 Å². The highest BCUT2D eigenvalue weighted by Crippen LogP contribution is 2.28. The van der Waals surface area contributed by atoms with Gasteiger partial charge in [-0.1, -0.05) is 84.4 Å². The van der Waals surface area contributed by atoms with Gasteiger partial charge in [0, 0.05) is 11.1 Å². The third-order valence-corrected chi connectivity index (χ3v) is 5.62. The van der Waals surface area contributed by atoms with Crippen LogP contribution in [0.25, 0.3) is 0 Å². The van der Waals surface area contributed by atoms with Crippen molar-refractivity contribution < 1.29 is 14.3 Å². The highest BCUT2D eigenvalue weighted by Gasteiger charge is 2.19. The molecule has 0 aliphatic heterocycles. The SMILES string of the molecule is COc1ccc(C(=O)NC(c2ccccc2)c2ccccc2)cc1COc1ccccc1Cl. The molecule has 4 aromatic carbocycles. The van der Waals surface area contributed by atoms with Gasteiger partial charge in [0.05, 0.1) is 18.2 Å². The van der Waals surface area contributed by atoms with E-state index in [9.17, 15) is 4.79 Å². The van der Waals surface area contributed by atoms with Crippen LogP contribution in [0.1, 0.15) is 33.1 Å². The Morgan fingerprint density at radius 2 is 1.42 bits per heavy atom. The second-order valence-corrected chi connectivity index (χ2v) is 7.88. The molecule has 0 saturated heterocycles. The zero-order valence-electron chi connectivity index (χ0n) is 18.2. The predicted octanol–water partition coefficient (Wildman–Crippen LogP) is 6.45. The highest BCUT2D eigenvalue weighted by atomic mass is 35.5. The van der Waals surface area contributed by atoms with Crippen LogP contribution in [0.2, 0.25) is 5.02 Å². The van der Waals surface area contributed by atoms with Gasteiger partial charge in [0.25, 0.3) is 5.91 Å². The van der Waals surface area contributed by atoms with E-state index in [4.69, 9.17) is 21.1 Å². The number of amides is 1. The van der Waals surface area contributed by atoms with Crippen LogP contribution >= 0.6 is 11.6 Å². The van der Waals surface area contributed by atoms with Crippen LogP contribution in [0.3, 0.4) is 0 Å². The predicted molar refractivity (Wildman–Crippen MR) is 131 cm³/mol. The molecule has 4 nitrogen and oxygen atoms in total. The number of para-hydroxylation sites is 1. The number of benzene rings is 4. The van der Waals surface area contributed by atoms with Crippen LogP contribution in [-0.2, 0) is 6.61 Å². The lowest BCUT2D eigenvalue weighted by Gasteiger charge is -2.20. The molecule has 1 N–H and O–H groups in total. The summed E-state index contributed by atoms with van der Waals surface area (Å²) in [5, 5.41) is 3.70. The zero-order chi connectivity index (χ0) is 23.0. The lowest BCUT2D eigenvalue weighted by atomic mass is 9.98. The molecule has 166 valence electrons. The Bertz CT molecular complexity index is 1170. The average Bonchev–Trinajstić information content (AvgIpc) is 2.87. The number of ether oxygens (including phenoxy) is 2. The summed E-state index contributed by atoms with van der Waals surface area (Å²) < 4.78 is 11.3. The molecule has 0 aromatic heterocycles. The summed E-state index contributed by atoms with van der Waals surface area (Å²) in [7, 11) is 1.59. The summed E-state index contributed by atoms with van der Waals surface area (Å²) in [6.45, 7) is 0.217. The van der Waals surface area contributed by atoms with Gasteiger partial charge in [-0.15, -0.1) is 0 Å². The van der Waals surface area contributed by atoms with Crippen molar-refractivity contribution in [3.8, 4) is 11.5 Å². The Morgan fingerprint density at radius 1 is 0.818 bits per heavy atom. The third-order valence-electron chi connectivity index (χ3n) is 5.30. The summed E-state index contributed by atoms with van der Waals surface area (Å²) in [5.41, 5.74) is 3.28. The zero-order valence-corrected chi connectivity index (χ0v) is 19.0. The molecule has 0 aliphatic carbocycles. The van der Waals surface area contributed by atoms with Gasteiger partial charge in [0.2, 0.25) is 0 Å². The number of carbonyl (C=O) groups is 1. The Labute approximate surface area is 198 Å². The molecule has 33 heavy (non-hydrogen) atoms. The fourth-order valence-corrected chi connectivity index (χ4v) is 3.80. The minimum atomic E-state index is -0.273. The largest absolute Gasteiger partial charge is 0.496 e. The summed E-state index contributed by atoms with van der Waals surface area (Å²) in [5.74, 6) is 1.03. The average molecular weight is 458 g/mol. The maximum atomic E-state index is 13.3. The molecule has 0 bridgehead atoms. The van der Waals surface area contributed by atoms with Crippen molar-refractivity contribution in [1.29, 1.82) is 0 Å². The molecule has 0 unspecified atom stereocenters. The molecule has 0 atom stereocenters. The maximum Gasteiger partial charge on any atom is 0.252 e. The summed E-state index contributed by atoms with van der Waals surface area (Å²) in [4.78, 5) is 13.3. The van der Waals surface area contributed by atoms with E-state index in [1.807, 2.05) is 72.8 Å². The van der Waals surface area contributed by atoms with Crippen LogP contribution in [0, 0.1) is 0 Å². The Hall–Kier alpha value is -3.76. The minimum Gasteiger partial charge on any atom is -0.496 e. The second-order valence-electron chi connectivity index (χ2n) is 7.47. The smallest absolute Gasteiger partial charge is 0.252 e. The van der Waals surface area contributed by atoms with E-state index in [0.717, 1.165) is 16.7 Å². The topological polar surface area (TPSA) is 47.6 Å². The molecule has 4 aromatic rings. The molecule has 1 amide bonds. The van der Waals surface area contributed by atoms with Gasteiger partial charge >= 0.3 is 0 Å². The van der Waals surface area contributed by atoms with Gasteiger partial charge in [-0.25, -0.2) is 0 Å². The monoisotopic (exact) mass is 457 g/mol. The number of hydrogen-bond donors (Lipinski definition) is 1. The lowest BCUT2D eigenvalue weighted by Crippen LogP contribution is -2.29. The van der Waals surface area contributed by atoms with Crippen molar-refractivity contribution in [1.82, 2.24) is 5.32 Å². The Balaban J connectivity index is 1.58. The molecule has 0 fully saturated rings. The van der Waals surface area contributed by atoms with Crippen molar-refractivity contribution in [3.63, 3.8) is 0 Å². The van der Waals surface area contributed by atoms with Gasteiger partial charge in [0.1, 0.15) is 18.1 Å². The first-order chi connectivity index (χ1) is 16.2. The first kappa shape index (κ1) is 22.4. The van der Waals surface area contributed by atoms with Gasteiger partial charge in [0.15, 0.2) is 0 Å². The van der Waals surface area contributed by atoms with Crippen molar-refractivity contribution in [2.45, 2.75) is 12.6 Å². The molecule has 4 rings (SSSR count). The lowest BCUT2D eigenvalue weighted by molar-refractivity contribution is 0.0942. The van der Waals surface area contributed by atoms with Gasteiger partial charge < -0.3 is 14.8 Å². The van der Waals surface area contributed by atoms with Crippen molar-refractivity contribution in [2.75, 3.05) is 7.11 Å². The molecule has 0 spiro atoms. The fraction of sp³-hybridized carbons (Fsp3) is 0.107. The first-order valence-electron chi connectivity index (χ1n) is 10.6. The Kier molecular flexibility index (Phi) is 7.28. The van der Waals surface area contributed by atoms with Crippen LogP contribution in [0.15, 0.2) is 103 Å². The maximum absolute atomic E-state index is 13.3. The number of carbonyl (C=O) groups excluding carboxylic acids is 1. The fourth-order valence-electron chi connectivity index (χ4n) is 3.61. The van der Waals surface area contributed by atoms with Crippen molar-refractivity contribution in [2.24, 2.45) is 0 Å². The van der Waals surface area contributed by atoms with E-state index in [1.54, 1.807) is 37.4 Å². The minimum absolute atomic E-state index is 0.186. The van der Waals surface area contributed by atoms with Crippen LogP contribution in [0.4, 0.5) is 0 Å². The number of hydrogen-bond acceptors (Lipinski definition) is 3. The summed E-state index contributed by atoms with van der Waals surface area (Å²) >= 11 is 6.20. The van der Waals surface area contributed by atoms with E-state index in [1.165, 1.54) is 0 Å². The Morgan fingerprint density at radius 3 is 2.03 bits per heavy atom. The third kappa shape index (κ3) is 5.54.